The summed E-state index contributed by atoms with van der Waals surface area (Å²) in [5.41, 5.74) is 0.469. The van der Waals surface area contributed by atoms with Crippen molar-refractivity contribution in [2.75, 3.05) is 23.1 Å². The number of nitrogens with one attached hydrogen (secondary N) is 1. The van der Waals surface area contributed by atoms with E-state index in [1.807, 2.05) is 12.1 Å². The summed E-state index contributed by atoms with van der Waals surface area (Å²) in [5, 5.41) is 2.81. The van der Waals surface area contributed by atoms with Crippen LogP contribution in [0.5, 0.6) is 5.75 Å². The summed E-state index contributed by atoms with van der Waals surface area (Å²) in [6.07, 6.45) is 2.18. The number of hydrogen-bond donors (Lipinski definition) is 1. The normalized spacial score (nSPS) is 16.7. The molecular weight excluding hydrogens is 356 g/mol. The highest BCUT2D eigenvalue weighted by Gasteiger charge is 2.35. The largest absolute Gasteiger partial charge is 0.476 e. The Labute approximate surface area is 153 Å². The van der Waals surface area contributed by atoms with Gasteiger partial charge >= 0.3 is 0 Å². The van der Waals surface area contributed by atoms with Gasteiger partial charge in [0.15, 0.2) is 6.10 Å². The van der Waals surface area contributed by atoms with Gasteiger partial charge in [-0.2, -0.15) is 0 Å². The lowest BCUT2D eigenvalue weighted by Crippen LogP contribution is -2.51. The molecule has 3 rings (SSSR count). The SMILES string of the molecule is CCS(=O)(=O)N1CC(C(=O)NCCCc2ccco2)Oc2ccccc21. The maximum atomic E-state index is 12.4. The van der Waals surface area contributed by atoms with Gasteiger partial charge in [-0.15, -0.1) is 0 Å². The summed E-state index contributed by atoms with van der Waals surface area (Å²) in [6, 6.07) is 10.6. The van der Waals surface area contributed by atoms with Crippen molar-refractivity contribution in [2.45, 2.75) is 25.9 Å². The number of benzene rings is 1. The molecule has 26 heavy (non-hydrogen) atoms. The van der Waals surface area contributed by atoms with Crippen molar-refractivity contribution in [2.24, 2.45) is 0 Å². The molecule has 0 aliphatic carbocycles. The number of sulfonamides is 1. The second kappa shape index (κ2) is 7.82. The highest BCUT2D eigenvalue weighted by atomic mass is 32.2. The topological polar surface area (TPSA) is 88.9 Å². The predicted molar refractivity (Wildman–Crippen MR) is 97.7 cm³/mol. The Morgan fingerprint density at radius 1 is 1.27 bits per heavy atom. The van der Waals surface area contributed by atoms with E-state index in [2.05, 4.69) is 5.32 Å². The first-order chi connectivity index (χ1) is 12.5. The van der Waals surface area contributed by atoms with E-state index in [4.69, 9.17) is 9.15 Å². The smallest absolute Gasteiger partial charge is 0.263 e. The molecule has 0 spiro atoms. The van der Waals surface area contributed by atoms with E-state index < -0.39 is 16.1 Å². The van der Waals surface area contributed by atoms with Crippen molar-refractivity contribution in [1.29, 1.82) is 0 Å². The van der Waals surface area contributed by atoms with Crippen molar-refractivity contribution >= 4 is 21.6 Å². The molecule has 1 atom stereocenters. The first kappa shape index (κ1) is 18.3. The van der Waals surface area contributed by atoms with Gasteiger partial charge in [-0.25, -0.2) is 8.42 Å². The average Bonchev–Trinajstić information content (AvgIpc) is 3.17. The number of fused-ring (bicyclic) bond motifs is 1. The van der Waals surface area contributed by atoms with Crippen molar-refractivity contribution in [1.82, 2.24) is 5.32 Å². The highest BCUT2D eigenvalue weighted by molar-refractivity contribution is 7.92. The number of aryl methyl sites for hydroxylation is 1. The molecule has 2 heterocycles. The number of carbonyl (C=O) groups is 1. The molecule has 1 N–H and O–H groups in total. The average molecular weight is 378 g/mol. The fourth-order valence-corrected chi connectivity index (χ4v) is 3.93. The molecule has 1 aromatic carbocycles. The number of rotatable bonds is 7. The van der Waals surface area contributed by atoms with E-state index in [0.29, 0.717) is 18.0 Å². The number of hydrogen-bond acceptors (Lipinski definition) is 5. The van der Waals surface area contributed by atoms with Gasteiger partial charge in [-0.05, 0) is 37.6 Å². The number of carbonyl (C=O) groups excluding carboxylic acids is 1. The monoisotopic (exact) mass is 378 g/mol. The molecule has 0 saturated carbocycles. The molecule has 7 nitrogen and oxygen atoms in total. The third kappa shape index (κ3) is 4.01. The first-order valence-electron chi connectivity index (χ1n) is 8.57. The molecule has 1 unspecified atom stereocenters. The molecule has 1 aliphatic heterocycles. The Balaban J connectivity index is 1.64. The van der Waals surface area contributed by atoms with Gasteiger partial charge in [0.2, 0.25) is 10.0 Å². The lowest BCUT2D eigenvalue weighted by Gasteiger charge is -2.34. The van der Waals surface area contributed by atoms with E-state index in [1.54, 1.807) is 37.5 Å². The van der Waals surface area contributed by atoms with Crippen LogP contribution in [0.15, 0.2) is 47.1 Å². The molecule has 0 saturated heterocycles. The highest BCUT2D eigenvalue weighted by Crippen LogP contribution is 2.34. The molecule has 0 fully saturated rings. The molecule has 140 valence electrons. The fraction of sp³-hybridized carbons (Fsp3) is 0.389. The third-order valence-corrected chi connectivity index (χ3v) is 5.95. The maximum absolute atomic E-state index is 12.4. The first-order valence-corrected chi connectivity index (χ1v) is 10.2. The Bertz CT molecular complexity index is 848. The Hall–Kier alpha value is -2.48. The van der Waals surface area contributed by atoms with Gasteiger partial charge < -0.3 is 14.5 Å². The quantitative estimate of drug-likeness (QED) is 0.744. The van der Waals surface area contributed by atoms with Crippen LogP contribution in [0.1, 0.15) is 19.1 Å². The molecule has 1 amide bonds. The van der Waals surface area contributed by atoms with Crippen LogP contribution in [-0.4, -0.2) is 39.3 Å². The molecule has 0 radical (unpaired) electrons. The molecule has 0 bridgehead atoms. The van der Waals surface area contributed by atoms with Crippen LogP contribution in [0, 0.1) is 0 Å². The van der Waals surface area contributed by atoms with Crippen LogP contribution in [0.25, 0.3) is 0 Å². The van der Waals surface area contributed by atoms with Crippen molar-refractivity contribution in [3.8, 4) is 5.75 Å². The Morgan fingerprint density at radius 2 is 2.08 bits per heavy atom. The zero-order chi connectivity index (χ0) is 18.6. The number of furan rings is 1. The standard InChI is InChI=1S/C18H22N2O5S/c1-2-26(22,23)20-13-17(25-16-10-4-3-9-15(16)20)18(21)19-11-5-7-14-8-6-12-24-14/h3-4,6,8-10,12,17H,2,5,7,11,13H2,1H3,(H,19,21). The summed E-state index contributed by atoms with van der Waals surface area (Å²) in [4.78, 5) is 12.4. The summed E-state index contributed by atoms with van der Waals surface area (Å²) >= 11 is 0. The van der Waals surface area contributed by atoms with Gasteiger partial charge in [0, 0.05) is 13.0 Å². The Morgan fingerprint density at radius 3 is 2.81 bits per heavy atom. The summed E-state index contributed by atoms with van der Waals surface area (Å²) in [5.74, 6) is 0.891. The van der Waals surface area contributed by atoms with E-state index in [0.717, 1.165) is 18.6 Å². The number of amides is 1. The van der Waals surface area contributed by atoms with Gasteiger partial charge in [0.05, 0.1) is 24.2 Å². The zero-order valence-electron chi connectivity index (χ0n) is 14.6. The van der Waals surface area contributed by atoms with Crippen LogP contribution in [0.2, 0.25) is 0 Å². The van der Waals surface area contributed by atoms with E-state index in [-0.39, 0.29) is 18.2 Å². The van der Waals surface area contributed by atoms with Gasteiger partial charge in [-0.1, -0.05) is 12.1 Å². The van der Waals surface area contributed by atoms with Crippen molar-refractivity contribution in [3.63, 3.8) is 0 Å². The minimum absolute atomic E-state index is 0.0306. The van der Waals surface area contributed by atoms with Gasteiger partial charge in [-0.3, -0.25) is 9.10 Å². The second-order valence-corrected chi connectivity index (χ2v) is 8.16. The molecule has 1 aromatic heterocycles. The summed E-state index contributed by atoms with van der Waals surface area (Å²) < 4.78 is 37.1. The molecular formula is C18H22N2O5S. The third-order valence-electron chi connectivity index (χ3n) is 4.21. The number of ether oxygens (including phenoxy) is 1. The molecule has 1 aliphatic rings. The lowest BCUT2D eigenvalue weighted by atomic mass is 10.2. The summed E-state index contributed by atoms with van der Waals surface area (Å²) in [6.45, 7) is 2.01. The summed E-state index contributed by atoms with van der Waals surface area (Å²) in [7, 11) is -3.49. The van der Waals surface area contributed by atoms with Crippen LogP contribution in [-0.2, 0) is 21.2 Å². The number of para-hydroxylation sites is 2. The van der Waals surface area contributed by atoms with E-state index >= 15 is 0 Å². The Kier molecular flexibility index (Phi) is 5.51. The van der Waals surface area contributed by atoms with Crippen molar-refractivity contribution in [3.05, 3.63) is 48.4 Å². The number of anilines is 1. The maximum Gasteiger partial charge on any atom is 0.263 e. The van der Waals surface area contributed by atoms with Crippen molar-refractivity contribution < 1.29 is 22.4 Å². The minimum Gasteiger partial charge on any atom is -0.476 e. The fourth-order valence-electron chi connectivity index (χ4n) is 2.80. The van der Waals surface area contributed by atoms with E-state index in [9.17, 15) is 13.2 Å². The van der Waals surface area contributed by atoms with Crippen LogP contribution >= 0.6 is 0 Å². The van der Waals surface area contributed by atoms with E-state index in [1.165, 1.54) is 4.31 Å². The van der Waals surface area contributed by atoms with Gasteiger partial charge in [0.25, 0.3) is 5.91 Å². The van der Waals surface area contributed by atoms with Crippen LogP contribution in [0.4, 0.5) is 5.69 Å². The lowest BCUT2D eigenvalue weighted by molar-refractivity contribution is -0.127. The molecule has 2 aromatic rings. The van der Waals surface area contributed by atoms with Gasteiger partial charge in [0.1, 0.15) is 11.5 Å². The van der Waals surface area contributed by atoms with Crippen LogP contribution in [0.3, 0.4) is 0 Å². The minimum atomic E-state index is -3.49. The second-order valence-electron chi connectivity index (χ2n) is 5.98. The zero-order valence-corrected chi connectivity index (χ0v) is 15.4. The number of nitrogens with zero attached hydrogens (tertiary/aromatic N) is 1. The molecule has 8 heteroatoms. The predicted octanol–water partition coefficient (Wildman–Crippen LogP) is 1.95. The van der Waals surface area contributed by atoms with Crippen LogP contribution < -0.4 is 14.4 Å².